The van der Waals surface area contributed by atoms with Crippen LogP contribution in [0.15, 0.2) is 47.6 Å². The molecule has 0 radical (unpaired) electrons. The zero-order chi connectivity index (χ0) is 16.4. The van der Waals surface area contributed by atoms with Crippen LogP contribution in [0.2, 0.25) is 10.0 Å². The summed E-state index contributed by atoms with van der Waals surface area (Å²) in [6.45, 7) is 1.96. The van der Waals surface area contributed by atoms with Crippen LogP contribution in [0.5, 0.6) is 0 Å². The molecular formula is C17H13Cl2N3O. The molecular weight excluding hydrogens is 333 g/mol. The number of amides is 1. The Bertz CT molecular complexity index is 915. The molecule has 0 fully saturated rings. The van der Waals surface area contributed by atoms with Gasteiger partial charge in [-0.25, -0.2) is 5.43 Å². The van der Waals surface area contributed by atoms with Gasteiger partial charge in [0.05, 0.1) is 16.8 Å². The van der Waals surface area contributed by atoms with Gasteiger partial charge in [0.25, 0.3) is 5.91 Å². The van der Waals surface area contributed by atoms with Crippen molar-refractivity contribution in [2.24, 2.45) is 5.10 Å². The van der Waals surface area contributed by atoms with E-state index >= 15 is 0 Å². The molecule has 2 N–H and O–H groups in total. The molecule has 0 saturated heterocycles. The third kappa shape index (κ3) is 3.23. The molecule has 0 aliphatic rings. The number of carbonyl (C=O) groups excluding carboxylic acids is 1. The first kappa shape index (κ1) is 15.6. The fourth-order valence-electron chi connectivity index (χ4n) is 2.35. The number of H-pyrrole nitrogens is 1. The number of hydrazone groups is 1. The lowest BCUT2D eigenvalue weighted by molar-refractivity contribution is 0.0955. The van der Waals surface area contributed by atoms with Crippen molar-refractivity contribution in [1.29, 1.82) is 0 Å². The lowest BCUT2D eigenvalue weighted by Gasteiger charge is -2.02. The summed E-state index contributed by atoms with van der Waals surface area (Å²) >= 11 is 11.8. The molecule has 0 aliphatic heterocycles. The predicted octanol–water partition coefficient (Wildman–Crippen LogP) is 4.55. The van der Waals surface area contributed by atoms with Gasteiger partial charge in [0.2, 0.25) is 0 Å². The Balaban J connectivity index is 1.80. The molecule has 0 bridgehead atoms. The summed E-state index contributed by atoms with van der Waals surface area (Å²) in [5.74, 6) is -0.389. The van der Waals surface area contributed by atoms with Crippen LogP contribution in [0.3, 0.4) is 0 Å². The van der Waals surface area contributed by atoms with Crippen LogP contribution in [0.1, 0.15) is 21.6 Å². The normalized spacial score (nSPS) is 11.3. The van der Waals surface area contributed by atoms with E-state index in [-0.39, 0.29) is 10.9 Å². The maximum atomic E-state index is 12.1. The highest BCUT2D eigenvalue weighted by Crippen LogP contribution is 2.21. The van der Waals surface area contributed by atoms with Crippen LogP contribution in [0, 0.1) is 6.92 Å². The second-order valence-corrected chi connectivity index (χ2v) is 5.88. The third-order valence-electron chi connectivity index (χ3n) is 3.48. The summed E-state index contributed by atoms with van der Waals surface area (Å²) in [5, 5.41) is 5.84. The van der Waals surface area contributed by atoms with Gasteiger partial charge >= 0.3 is 0 Å². The highest BCUT2D eigenvalue weighted by atomic mass is 35.5. The largest absolute Gasteiger partial charge is 0.358 e. The maximum absolute atomic E-state index is 12.1. The number of aryl methyl sites for hydroxylation is 1. The van der Waals surface area contributed by atoms with Crippen molar-refractivity contribution < 1.29 is 4.79 Å². The number of rotatable bonds is 3. The predicted molar refractivity (Wildman–Crippen MR) is 94.6 cm³/mol. The van der Waals surface area contributed by atoms with Gasteiger partial charge in [-0.2, -0.15) is 5.10 Å². The van der Waals surface area contributed by atoms with Gasteiger partial charge in [0.15, 0.2) is 0 Å². The van der Waals surface area contributed by atoms with Gasteiger partial charge in [0.1, 0.15) is 0 Å². The van der Waals surface area contributed by atoms with Gasteiger partial charge in [-0.3, -0.25) is 4.79 Å². The average molecular weight is 346 g/mol. The quantitative estimate of drug-likeness (QED) is 0.531. The summed E-state index contributed by atoms with van der Waals surface area (Å²) in [5.41, 5.74) is 5.74. The Labute approximate surface area is 143 Å². The van der Waals surface area contributed by atoms with E-state index in [2.05, 4.69) is 15.5 Å². The molecule has 0 saturated carbocycles. The number of nitrogens with zero attached hydrogens (tertiary/aromatic N) is 1. The number of fused-ring (bicyclic) bond motifs is 1. The van der Waals surface area contributed by atoms with E-state index in [1.807, 2.05) is 31.2 Å². The summed E-state index contributed by atoms with van der Waals surface area (Å²) in [6.07, 6.45) is 1.62. The van der Waals surface area contributed by atoms with Crippen molar-refractivity contribution in [3.05, 3.63) is 69.3 Å². The third-order valence-corrected chi connectivity index (χ3v) is 4.03. The van der Waals surface area contributed by atoms with Crippen molar-refractivity contribution in [2.45, 2.75) is 6.92 Å². The number of para-hydroxylation sites is 1. The second kappa shape index (κ2) is 6.44. The molecule has 4 nitrogen and oxygen atoms in total. The van der Waals surface area contributed by atoms with Crippen molar-refractivity contribution in [3.63, 3.8) is 0 Å². The maximum Gasteiger partial charge on any atom is 0.272 e. The molecule has 1 amide bonds. The van der Waals surface area contributed by atoms with Crippen LogP contribution >= 0.6 is 23.2 Å². The summed E-state index contributed by atoms with van der Waals surface area (Å²) in [4.78, 5) is 15.4. The summed E-state index contributed by atoms with van der Waals surface area (Å²) < 4.78 is 0. The van der Waals surface area contributed by atoms with Gasteiger partial charge in [-0.15, -0.1) is 0 Å². The number of hydrogen-bond acceptors (Lipinski definition) is 2. The minimum Gasteiger partial charge on any atom is -0.358 e. The standard InChI is InChI=1S/C17H13Cl2N3O/c1-10-14(12-4-2-3-5-16(12)21-10)9-20-22-17(23)13-7-6-11(18)8-15(13)19/h2-9,21H,1H3,(H,22,23). The van der Waals surface area contributed by atoms with E-state index in [4.69, 9.17) is 23.2 Å². The SMILES string of the molecule is Cc1[nH]c2ccccc2c1C=NNC(=O)c1ccc(Cl)cc1Cl. The Morgan fingerprint density at radius 1 is 1.22 bits per heavy atom. The minimum absolute atomic E-state index is 0.286. The van der Waals surface area contributed by atoms with Crippen LogP contribution in [-0.2, 0) is 0 Å². The van der Waals surface area contributed by atoms with Gasteiger partial charge in [-0.1, -0.05) is 41.4 Å². The molecule has 0 atom stereocenters. The second-order valence-electron chi connectivity index (χ2n) is 5.03. The number of hydrogen-bond donors (Lipinski definition) is 2. The van der Waals surface area contributed by atoms with E-state index in [0.717, 1.165) is 22.2 Å². The highest BCUT2D eigenvalue weighted by molar-refractivity contribution is 6.36. The van der Waals surface area contributed by atoms with E-state index < -0.39 is 0 Å². The molecule has 0 spiro atoms. The Morgan fingerprint density at radius 3 is 2.78 bits per heavy atom. The van der Waals surface area contributed by atoms with Crippen LogP contribution in [-0.4, -0.2) is 17.1 Å². The van der Waals surface area contributed by atoms with E-state index in [9.17, 15) is 4.79 Å². The Kier molecular flexibility index (Phi) is 4.37. The zero-order valence-electron chi connectivity index (χ0n) is 12.2. The first-order chi connectivity index (χ1) is 11.1. The van der Waals surface area contributed by atoms with Crippen molar-refractivity contribution in [3.8, 4) is 0 Å². The lowest BCUT2D eigenvalue weighted by atomic mass is 10.1. The molecule has 0 aliphatic carbocycles. The van der Waals surface area contributed by atoms with Gasteiger partial charge < -0.3 is 4.98 Å². The molecule has 1 aromatic heterocycles. The van der Waals surface area contributed by atoms with E-state index in [1.54, 1.807) is 18.3 Å². The number of carbonyl (C=O) groups is 1. The van der Waals surface area contributed by atoms with Gasteiger partial charge in [-0.05, 0) is 31.2 Å². The first-order valence-electron chi connectivity index (χ1n) is 6.92. The van der Waals surface area contributed by atoms with Crippen LogP contribution < -0.4 is 5.43 Å². The minimum atomic E-state index is -0.389. The van der Waals surface area contributed by atoms with E-state index in [0.29, 0.717) is 10.6 Å². The number of nitrogens with one attached hydrogen (secondary N) is 2. The van der Waals surface area contributed by atoms with Crippen molar-refractivity contribution >= 4 is 46.2 Å². The molecule has 1 heterocycles. The zero-order valence-corrected chi connectivity index (χ0v) is 13.7. The molecule has 116 valence electrons. The number of halogens is 2. The number of aromatic amines is 1. The van der Waals surface area contributed by atoms with Crippen LogP contribution in [0.4, 0.5) is 0 Å². The fourth-order valence-corrected chi connectivity index (χ4v) is 2.85. The van der Waals surface area contributed by atoms with Crippen molar-refractivity contribution in [1.82, 2.24) is 10.4 Å². The smallest absolute Gasteiger partial charge is 0.272 e. The molecule has 0 unspecified atom stereocenters. The fraction of sp³-hybridized carbons (Fsp3) is 0.0588. The molecule has 3 aromatic rings. The van der Waals surface area contributed by atoms with Gasteiger partial charge in [0, 0.05) is 27.2 Å². The van der Waals surface area contributed by atoms with E-state index in [1.165, 1.54) is 6.07 Å². The first-order valence-corrected chi connectivity index (χ1v) is 7.67. The monoisotopic (exact) mass is 345 g/mol. The molecule has 2 aromatic carbocycles. The highest BCUT2D eigenvalue weighted by Gasteiger charge is 2.10. The number of benzene rings is 2. The molecule has 23 heavy (non-hydrogen) atoms. The lowest BCUT2D eigenvalue weighted by Crippen LogP contribution is -2.18. The van der Waals surface area contributed by atoms with Crippen LogP contribution in [0.25, 0.3) is 10.9 Å². The average Bonchev–Trinajstić information content (AvgIpc) is 2.83. The Hall–Kier alpha value is -2.30. The van der Waals surface area contributed by atoms with Crippen molar-refractivity contribution in [2.75, 3.05) is 0 Å². The molecule has 3 rings (SSSR count). The number of aromatic nitrogens is 1. The molecule has 6 heteroatoms. The summed E-state index contributed by atoms with van der Waals surface area (Å²) in [7, 11) is 0. The summed E-state index contributed by atoms with van der Waals surface area (Å²) in [6, 6.07) is 12.6. The topological polar surface area (TPSA) is 57.2 Å². The Morgan fingerprint density at radius 2 is 2.00 bits per heavy atom.